The maximum Gasteiger partial charge on any atom is 0.243 e. The average molecular weight is 345 g/mol. The van der Waals surface area contributed by atoms with Crippen LogP contribution in [0.1, 0.15) is 31.7 Å². The Morgan fingerprint density at radius 3 is 2.92 bits per heavy atom. The van der Waals surface area contributed by atoms with Crippen LogP contribution in [-0.2, 0) is 10.0 Å². The summed E-state index contributed by atoms with van der Waals surface area (Å²) in [5.74, 6) is 0. The summed E-state index contributed by atoms with van der Waals surface area (Å²) >= 11 is 0. The molecule has 24 heavy (non-hydrogen) atoms. The molecule has 2 N–H and O–H groups in total. The van der Waals surface area contributed by atoms with Gasteiger partial charge in [-0.25, -0.2) is 18.1 Å². The van der Waals surface area contributed by atoms with E-state index in [0.717, 1.165) is 25.7 Å². The van der Waals surface area contributed by atoms with Gasteiger partial charge in [0.1, 0.15) is 10.5 Å². The molecule has 0 aromatic carbocycles. The molecule has 2 unspecified atom stereocenters. The third kappa shape index (κ3) is 2.71. The van der Waals surface area contributed by atoms with Gasteiger partial charge in [0.15, 0.2) is 0 Å². The van der Waals surface area contributed by atoms with Crippen LogP contribution < -0.4 is 4.72 Å². The van der Waals surface area contributed by atoms with Crippen LogP contribution in [0.3, 0.4) is 0 Å². The van der Waals surface area contributed by atoms with E-state index in [2.05, 4.69) is 19.8 Å². The molecule has 0 amide bonds. The predicted molar refractivity (Wildman–Crippen MR) is 89.9 cm³/mol. The minimum Gasteiger partial charge on any atom is -0.345 e. The van der Waals surface area contributed by atoms with Crippen LogP contribution in [0.5, 0.6) is 0 Å². The predicted octanol–water partition coefficient (Wildman–Crippen LogP) is 2.22. The number of fused-ring (bicyclic) bond motifs is 1. The number of hydrogen-bond donors (Lipinski definition) is 2. The van der Waals surface area contributed by atoms with Crippen molar-refractivity contribution in [3.63, 3.8) is 0 Å². The molecule has 1 saturated carbocycles. The highest BCUT2D eigenvalue weighted by Gasteiger charge is 2.32. The van der Waals surface area contributed by atoms with Gasteiger partial charge in [-0.05, 0) is 31.0 Å². The van der Waals surface area contributed by atoms with Crippen LogP contribution in [0.25, 0.3) is 11.0 Å². The van der Waals surface area contributed by atoms with Crippen molar-refractivity contribution in [2.75, 3.05) is 0 Å². The van der Waals surface area contributed by atoms with Crippen molar-refractivity contribution in [1.29, 1.82) is 0 Å². The van der Waals surface area contributed by atoms with Crippen LogP contribution in [0.2, 0.25) is 0 Å². The van der Waals surface area contributed by atoms with E-state index in [1.165, 1.54) is 6.20 Å². The molecule has 0 aliphatic heterocycles. The fraction of sp³-hybridized carbons (Fsp3) is 0.375. The van der Waals surface area contributed by atoms with Crippen molar-refractivity contribution in [1.82, 2.24) is 24.5 Å². The standard InChI is InChI=1S/C16H19N5O2S/c22-24(23,15-11-18-16-12(15)5-3-8-17-16)20-13-6-1-2-7-14(13)21-10-4-9-19-21/h3-5,8-11,13-14,20H,1-2,6-7H2,(H,17,18). The SMILES string of the molecule is O=S(=O)(NC1CCCCC1n1cccn1)c1c[nH]c2ncccc12. The average Bonchev–Trinajstić information content (AvgIpc) is 3.25. The lowest BCUT2D eigenvalue weighted by atomic mass is 9.91. The van der Waals surface area contributed by atoms with Gasteiger partial charge in [0.05, 0.1) is 6.04 Å². The first-order valence-corrected chi connectivity index (χ1v) is 9.57. The summed E-state index contributed by atoms with van der Waals surface area (Å²) in [6, 6.07) is 5.25. The minimum atomic E-state index is -3.63. The zero-order valence-electron chi connectivity index (χ0n) is 13.1. The smallest absolute Gasteiger partial charge is 0.243 e. The van der Waals surface area contributed by atoms with Crippen molar-refractivity contribution >= 4 is 21.1 Å². The van der Waals surface area contributed by atoms with Gasteiger partial charge < -0.3 is 4.98 Å². The third-order valence-electron chi connectivity index (χ3n) is 4.60. The normalized spacial score (nSPS) is 22.0. The molecule has 2 atom stereocenters. The molecule has 3 aromatic heterocycles. The third-order valence-corrected chi connectivity index (χ3v) is 6.13. The quantitative estimate of drug-likeness (QED) is 0.758. The Morgan fingerprint density at radius 2 is 2.08 bits per heavy atom. The van der Waals surface area contributed by atoms with E-state index >= 15 is 0 Å². The van der Waals surface area contributed by atoms with Gasteiger partial charge in [0, 0.05) is 36.2 Å². The molecular weight excluding hydrogens is 326 g/mol. The molecule has 0 saturated heterocycles. The molecule has 8 heteroatoms. The van der Waals surface area contributed by atoms with E-state index in [0.29, 0.717) is 11.0 Å². The van der Waals surface area contributed by atoms with Gasteiger partial charge in [-0.2, -0.15) is 5.10 Å². The summed E-state index contributed by atoms with van der Waals surface area (Å²) in [5.41, 5.74) is 0.574. The first-order chi connectivity index (χ1) is 11.6. The minimum absolute atomic E-state index is 0.0480. The number of pyridine rings is 1. The van der Waals surface area contributed by atoms with Crippen LogP contribution in [0.15, 0.2) is 47.9 Å². The maximum absolute atomic E-state index is 12.9. The fourth-order valence-corrected chi connectivity index (χ4v) is 4.93. The molecule has 0 spiro atoms. The van der Waals surface area contributed by atoms with Crippen LogP contribution in [0.4, 0.5) is 0 Å². The van der Waals surface area contributed by atoms with Crippen molar-refractivity contribution in [2.24, 2.45) is 0 Å². The van der Waals surface area contributed by atoms with Crippen LogP contribution in [0, 0.1) is 0 Å². The largest absolute Gasteiger partial charge is 0.345 e. The molecular formula is C16H19N5O2S. The first-order valence-electron chi connectivity index (χ1n) is 8.09. The molecule has 4 rings (SSSR count). The molecule has 3 aromatic rings. The van der Waals surface area contributed by atoms with Gasteiger partial charge in [-0.3, -0.25) is 4.68 Å². The second kappa shape index (κ2) is 6.03. The number of hydrogen-bond acceptors (Lipinski definition) is 4. The van der Waals surface area contributed by atoms with Crippen molar-refractivity contribution in [2.45, 2.75) is 42.7 Å². The molecule has 126 valence electrons. The summed E-state index contributed by atoms with van der Waals surface area (Å²) in [4.78, 5) is 7.32. The topological polar surface area (TPSA) is 92.7 Å². The van der Waals surface area contributed by atoms with E-state index in [1.54, 1.807) is 24.5 Å². The van der Waals surface area contributed by atoms with E-state index < -0.39 is 10.0 Å². The molecule has 1 aliphatic carbocycles. The van der Waals surface area contributed by atoms with Gasteiger partial charge in [-0.1, -0.05) is 12.8 Å². The molecule has 7 nitrogen and oxygen atoms in total. The summed E-state index contributed by atoms with van der Waals surface area (Å²) in [6.07, 6.45) is 10.6. The second-order valence-electron chi connectivity index (χ2n) is 6.12. The Kier molecular flexibility index (Phi) is 3.85. The number of nitrogens with zero attached hydrogens (tertiary/aromatic N) is 3. The zero-order chi connectivity index (χ0) is 16.6. The number of H-pyrrole nitrogens is 1. The first kappa shape index (κ1) is 15.3. The summed E-state index contributed by atoms with van der Waals surface area (Å²) in [6.45, 7) is 0. The zero-order valence-corrected chi connectivity index (χ0v) is 13.9. The Balaban J connectivity index is 1.65. The van der Waals surface area contributed by atoms with E-state index in [1.807, 2.05) is 16.9 Å². The Morgan fingerprint density at radius 1 is 1.21 bits per heavy atom. The second-order valence-corrected chi connectivity index (χ2v) is 7.80. The lowest BCUT2D eigenvalue weighted by Gasteiger charge is -2.32. The molecule has 0 radical (unpaired) electrons. The van der Waals surface area contributed by atoms with Gasteiger partial charge in [-0.15, -0.1) is 0 Å². The van der Waals surface area contributed by atoms with Crippen molar-refractivity contribution < 1.29 is 8.42 Å². The number of rotatable bonds is 4. The van der Waals surface area contributed by atoms with Crippen LogP contribution in [-0.4, -0.2) is 34.2 Å². The van der Waals surface area contributed by atoms with Crippen molar-refractivity contribution in [3.8, 4) is 0 Å². The highest BCUT2D eigenvalue weighted by molar-refractivity contribution is 7.89. The van der Waals surface area contributed by atoms with Crippen LogP contribution >= 0.6 is 0 Å². The van der Waals surface area contributed by atoms with Gasteiger partial charge in [0.25, 0.3) is 0 Å². The Hall–Kier alpha value is -2.19. The number of aromatic nitrogens is 4. The Bertz CT molecular complexity index is 932. The van der Waals surface area contributed by atoms with E-state index in [-0.39, 0.29) is 17.0 Å². The highest BCUT2D eigenvalue weighted by Crippen LogP contribution is 2.30. The molecule has 0 bridgehead atoms. The Labute approximate surface area is 140 Å². The van der Waals surface area contributed by atoms with Gasteiger partial charge >= 0.3 is 0 Å². The monoisotopic (exact) mass is 345 g/mol. The van der Waals surface area contributed by atoms with E-state index in [9.17, 15) is 8.42 Å². The fourth-order valence-electron chi connectivity index (χ4n) is 3.46. The highest BCUT2D eigenvalue weighted by atomic mass is 32.2. The number of sulfonamides is 1. The van der Waals surface area contributed by atoms with Crippen molar-refractivity contribution in [3.05, 3.63) is 43.0 Å². The molecule has 3 heterocycles. The lowest BCUT2D eigenvalue weighted by Crippen LogP contribution is -2.43. The maximum atomic E-state index is 12.9. The van der Waals surface area contributed by atoms with Gasteiger partial charge in [0.2, 0.25) is 10.0 Å². The summed E-state index contributed by atoms with van der Waals surface area (Å²) in [5, 5.41) is 4.91. The number of aromatic amines is 1. The molecule has 1 fully saturated rings. The summed E-state index contributed by atoms with van der Waals surface area (Å²) in [7, 11) is -3.63. The number of nitrogens with one attached hydrogen (secondary N) is 2. The summed E-state index contributed by atoms with van der Waals surface area (Å²) < 4.78 is 30.6. The van der Waals surface area contributed by atoms with E-state index in [4.69, 9.17) is 0 Å². The lowest BCUT2D eigenvalue weighted by molar-refractivity contribution is 0.270. The molecule has 1 aliphatic rings.